The van der Waals surface area contributed by atoms with Gasteiger partial charge in [-0.25, -0.2) is 0 Å². The first-order chi connectivity index (χ1) is 20.4. The molecule has 0 bridgehead atoms. The highest BCUT2D eigenvalue weighted by Gasteiger charge is 2.45. The summed E-state index contributed by atoms with van der Waals surface area (Å²) >= 11 is 0. The number of hydrogen-bond donors (Lipinski definition) is 2. The molecule has 4 aromatic rings. The minimum Gasteiger partial charge on any atom is -0.423 e. The van der Waals surface area contributed by atoms with Gasteiger partial charge in [-0.3, -0.25) is 0 Å². The van der Waals surface area contributed by atoms with Crippen molar-refractivity contribution in [3.63, 3.8) is 0 Å². The SMILES string of the molecule is [2H]c1c([2H])c([2H])c([P+](Cc2cccc(B(O)O)c2)(c2c([2H])c([2H])c([2H])c([2H])c2[2H])c2c([2H])c([2H])c([2H])c([2H])c2[2H])c([2H])c1[2H]. The van der Waals surface area contributed by atoms with Gasteiger partial charge in [0.2, 0.25) is 0 Å². The van der Waals surface area contributed by atoms with Gasteiger partial charge in [0.05, 0.1) is 26.7 Å². The number of hydrogen-bond acceptors (Lipinski definition) is 2. The molecule has 0 aliphatic heterocycles. The molecular weight excluding hydrogens is 374 g/mol. The average Bonchev–Trinajstić information content (AvgIpc) is 2.99. The van der Waals surface area contributed by atoms with Crippen molar-refractivity contribution in [1.82, 2.24) is 0 Å². The second-order valence-corrected chi connectivity index (χ2v) is 9.28. The molecular formula is C25H23BO2P+. The lowest BCUT2D eigenvalue weighted by molar-refractivity contribution is 0.425. The van der Waals surface area contributed by atoms with E-state index in [0.717, 1.165) is 0 Å². The molecule has 0 aromatic heterocycles. The summed E-state index contributed by atoms with van der Waals surface area (Å²) in [5, 5.41) is 17.9. The van der Waals surface area contributed by atoms with E-state index >= 15 is 0 Å². The van der Waals surface area contributed by atoms with Gasteiger partial charge in [0, 0.05) is 0 Å². The normalized spacial score (nSPS) is 18.5. The van der Waals surface area contributed by atoms with Crippen molar-refractivity contribution < 1.29 is 30.6 Å². The van der Waals surface area contributed by atoms with Gasteiger partial charge in [0.25, 0.3) is 0 Å². The first-order valence-corrected chi connectivity index (χ1v) is 10.4. The van der Waals surface area contributed by atoms with Gasteiger partial charge in [-0.1, -0.05) is 78.6 Å². The third-order valence-electron chi connectivity index (χ3n) is 4.27. The fraction of sp³-hybridized carbons (Fsp3) is 0.0400. The van der Waals surface area contributed by atoms with Gasteiger partial charge >= 0.3 is 7.12 Å². The van der Waals surface area contributed by atoms with Crippen LogP contribution in [-0.4, -0.2) is 17.2 Å². The summed E-state index contributed by atoms with van der Waals surface area (Å²) in [6.45, 7) is 0. The van der Waals surface area contributed by atoms with Gasteiger partial charge in [0.15, 0.2) is 0 Å². The van der Waals surface area contributed by atoms with Crippen molar-refractivity contribution >= 4 is 35.8 Å². The molecule has 0 saturated heterocycles. The predicted octanol–water partition coefficient (Wildman–Crippen LogP) is 2.86. The molecule has 0 radical (unpaired) electrons. The Morgan fingerprint density at radius 2 is 1.14 bits per heavy atom. The van der Waals surface area contributed by atoms with E-state index in [0.29, 0.717) is 0 Å². The molecule has 4 heteroatoms. The topological polar surface area (TPSA) is 40.5 Å². The summed E-state index contributed by atoms with van der Waals surface area (Å²) in [4.78, 5) is 0. The van der Waals surface area contributed by atoms with Gasteiger partial charge in [-0.05, 0) is 47.3 Å². The van der Waals surface area contributed by atoms with E-state index in [1.165, 1.54) is 24.3 Å². The molecule has 29 heavy (non-hydrogen) atoms. The number of rotatable bonds is 6. The molecule has 4 aromatic carbocycles. The van der Waals surface area contributed by atoms with E-state index in [2.05, 4.69) is 0 Å². The first-order valence-electron chi connectivity index (χ1n) is 16.0. The lowest BCUT2D eigenvalue weighted by Crippen LogP contribution is -2.33. The van der Waals surface area contributed by atoms with Crippen LogP contribution < -0.4 is 21.4 Å². The zero-order valence-electron chi connectivity index (χ0n) is 29.9. The van der Waals surface area contributed by atoms with Crippen molar-refractivity contribution in [3.05, 3.63) is 120 Å². The zero-order chi connectivity index (χ0) is 33.2. The third kappa shape index (κ3) is 4.04. The van der Waals surface area contributed by atoms with Crippen LogP contribution in [0.5, 0.6) is 0 Å². The van der Waals surface area contributed by atoms with Crippen LogP contribution >= 0.6 is 7.26 Å². The van der Waals surface area contributed by atoms with E-state index in [1.54, 1.807) is 0 Å². The predicted molar refractivity (Wildman–Crippen MR) is 125 cm³/mol. The van der Waals surface area contributed by atoms with Crippen molar-refractivity contribution in [2.24, 2.45) is 0 Å². The summed E-state index contributed by atoms with van der Waals surface area (Å²) < 4.78 is 128. The summed E-state index contributed by atoms with van der Waals surface area (Å²) in [6.07, 6.45) is -0.594. The van der Waals surface area contributed by atoms with Gasteiger partial charge in [0.1, 0.15) is 23.2 Å². The Hall–Kier alpha value is -2.71. The van der Waals surface area contributed by atoms with Crippen LogP contribution in [0.4, 0.5) is 0 Å². The van der Waals surface area contributed by atoms with Crippen molar-refractivity contribution in [2.75, 3.05) is 0 Å². The molecule has 2 nitrogen and oxygen atoms in total. The minimum atomic E-state index is -4.53. The molecule has 0 atom stereocenters. The molecule has 2 N–H and O–H groups in total. The van der Waals surface area contributed by atoms with Crippen LogP contribution in [0.1, 0.15) is 26.1 Å². The van der Waals surface area contributed by atoms with Gasteiger partial charge in [-0.15, -0.1) is 0 Å². The molecule has 0 saturated carbocycles. The van der Waals surface area contributed by atoms with Crippen LogP contribution in [0.15, 0.2) is 115 Å². The third-order valence-corrected chi connectivity index (χ3v) is 8.08. The monoisotopic (exact) mass is 412 g/mol. The largest absolute Gasteiger partial charge is 0.488 e. The Kier molecular flexibility index (Phi) is 2.59. The van der Waals surface area contributed by atoms with Gasteiger partial charge < -0.3 is 10.0 Å². The fourth-order valence-corrected chi connectivity index (χ4v) is 6.37. The molecule has 0 unspecified atom stereocenters. The summed E-state index contributed by atoms with van der Waals surface area (Å²) in [5.74, 6) is 0. The molecule has 0 heterocycles. The van der Waals surface area contributed by atoms with E-state index in [9.17, 15) is 10.0 Å². The van der Waals surface area contributed by atoms with E-state index < -0.39 is 127 Å². The van der Waals surface area contributed by atoms with Crippen molar-refractivity contribution in [1.29, 1.82) is 0 Å². The Morgan fingerprint density at radius 1 is 0.690 bits per heavy atom. The minimum absolute atomic E-state index is 0.0521. The Labute approximate surface area is 194 Å². The highest BCUT2D eigenvalue weighted by molar-refractivity contribution is 7.95. The average molecular weight is 412 g/mol. The summed E-state index contributed by atoms with van der Waals surface area (Å²) in [6, 6.07) is -7.30. The maximum Gasteiger partial charge on any atom is 0.488 e. The highest BCUT2D eigenvalue weighted by atomic mass is 31.2. The second kappa shape index (κ2) is 8.76. The first kappa shape index (κ1) is 8.57. The number of benzene rings is 4. The van der Waals surface area contributed by atoms with Crippen molar-refractivity contribution in [3.8, 4) is 0 Å². The zero-order valence-corrected chi connectivity index (χ0v) is 15.8. The molecule has 0 aliphatic rings. The highest BCUT2D eigenvalue weighted by Crippen LogP contribution is 2.58. The molecule has 142 valence electrons. The second-order valence-electron chi connectivity index (χ2n) is 6.01. The van der Waals surface area contributed by atoms with Crippen LogP contribution in [0, 0.1) is 0 Å². The maximum atomic E-state index is 9.85. The molecule has 0 aliphatic carbocycles. The Bertz CT molecular complexity index is 1590. The maximum absolute atomic E-state index is 9.85. The fourth-order valence-electron chi connectivity index (χ4n) is 3.00. The molecule has 4 rings (SSSR count). The van der Waals surface area contributed by atoms with Crippen molar-refractivity contribution in [2.45, 2.75) is 6.16 Å². The van der Waals surface area contributed by atoms with Gasteiger partial charge in [-0.2, -0.15) is 0 Å². The van der Waals surface area contributed by atoms with Crippen LogP contribution in [0.2, 0.25) is 0 Å². The van der Waals surface area contributed by atoms with E-state index in [1.807, 2.05) is 0 Å². The van der Waals surface area contributed by atoms with E-state index in [-0.39, 0.29) is 11.0 Å². The summed E-state index contributed by atoms with van der Waals surface area (Å²) in [7, 11) is -6.51. The smallest absolute Gasteiger partial charge is 0.423 e. The van der Waals surface area contributed by atoms with Crippen LogP contribution in [0.3, 0.4) is 0 Å². The van der Waals surface area contributed by atoms with Crippen LogP contribution in [0.25, 0.3) is 0 Å². The summed E-state index contributed by atoms with van der Waals surface area (Å²) in [5.41, 5.74) is 0.0816. The van der Waals surface area contributed by atoms with Crippen LogP contribution in [-0.2, 0) is 6.16 Å². The van der Waals surface area contributed by atoms with E-state index in [4.69, 9.17) is 20.6 Å². The molecule has 0 fully saturated rings. The standard InChI is InChI=1S/C25H23BO2P/c27-26(28)22-12-10-11-21(19-22)20-29(23-13-4-1-5-14-23,24-15-6-2-7-16-24)25-17-8-3-9-18-25/h1-19,27-28H,20H2/q+1/i1D,2D,3D,4D,5D,6D,7D,8D,9D,13D,14D,15D,16D,17D,18D. The Balaban J connectivity index is 2.46. The molecule has 0 amide bonds. The lowest BCUT2D eigenvalue weighted by Gasteiger charge is -2.28. The molecule has 0 spiro atoms. The lowest BCUT2D eigenvalue weighted by atomic mass is 9.80. The quantitative estimate of drug-likeness (QED) is 0.378. The Morgan fingerprint density at radius 3 is 1.55 bits per heavy atom.